The molecule has 2 N–H and O–H groups in total. The number of aliphatic hydroxyl groups is 1. The molecule has 1 aliphatic heterocycles. The van der Waals surface area contributed by atoms with Crippen LogP contribution in [0.4, 0.5) is 0 Å². The number of likely N-dealkylation sites (tertiary alicyclic amines) is 1. The van der Waals surface area contributed by atoms with Gasteiger partial charge >= 0.3 is 0 Å². The summed E-state index contributed by atoms with van der Waals surface area (Å²) in [7, 11) is 2.04. The molecule has 1 aromatic heterocycles. The molecule has 0 amide bonds. The van der Waals surface area contributed by atoms with Crippen molar-refractivity contribution in [2.75, 3.05) is 26.7 Å². The van der Waals surface area contributed by atoms with Gasteiger partial charge in [0.1, 0.15) is 5.69 Å². The van der Waals surface area contributed by atoms with Gasteiger partial charge in [0.05, 0.1) is 23.0 Å². The molecule has 3 rings (SSSR count). The number of hydrogen-bond donors (Lipinski definition) is 2. The van der Waals surface area contributed by atoms with E-state index in [9.17, 15) is 5.11 Å². The molecule has 130 valence electrons. The quantitative estimate of drug-likeness (QED) is 0.872. The Labute approximate surface area is 143 Å². The van der Waals surface area contributed by atoms with Crippen molar-refractivity contribution in [1.82, 2.24) is 25.2 Å². The molecule has 6 nitrogen and oxygen atoms in total. The van der Waals surface area contributed by atoms with E-state index in [1.807, 2.05) is 18.7 Å². The summed E-state index contributed by atoms with van der Waals surface area (Å²) in [5.74, 6) is 0. The Morgan fingerprint density at radius 2 is 2.00 bits per heavy atom. The molecule has 1 aromatic carbocycles. The number of likely N-dealkylation sites (N-methyl/N-ethyl adjacent to an activating group) is 1. The standard InChI is InChI=1S/C18H27N5O/c1-13-5-7-16(8-6-13)23-15(3)17(20-21-23)14(2)19-11-18(24)9-10-22(4)12-18/h5-8,14,19,24H,9-12H2,1-4H3. The van der Waals surface area contributed by atoms with Gasteiger partial charge in [0.2, 0.25) is 0 Å². The zero-order valence-corrected chi connectivity index (χ0v) is 15.0. The monoisotopic (exact) mass is 329 g/mol. The minimum Gasteiger partial charge on any atom is -0.387 e. The maximum Gasteiger partial charge on any atom is 0.103 e. The van der Waals surface area contributed by atoms with E-state index < -0.39 is 5.60 Å². The summed E-state index contributed by atoms with van der Waals surface area (Å²) in [6.45, 7) is 8.39. The molecule has 1 fully saturated rings. The van der Waals surface area contributed by atoms with Gasteiger partial charge in [-0.3, -0.25) is 0 Å². The van der Waals surface area contributed by atoms with Gasteiger partial charge < -0.3 is 15.3 Å². The van der Waals surface area contributed by atoms with Crippen molar-refractivity contribution >= 4 is 0 Å². The summed E-state index contributed by atoms with van der Waals surface area (Å²) < 4.78 is 1.87. The first-order chi connectivity index (χ1) is 11.4. The lowest BCUT2D eigenvalue weighted by Crippen LogP contribution is -2.43. The Hall–Kier alpha value is -1.76. The van der Waals surface area contributed by atoms with Crippen molar-refractivity contribution in [2.24, 2.45) is 0 Å². The van der Waals surface area contributed by atoms with Gasteiger partial charge in [-0.05, 0) is 46.4 Å². The Bertz CT molecular complexity index is 696. The highest BCUT2D eigenvalue weighted by Crippen LogP contribution is 2.22. The Morgan fingerprint density at radius 1 is 1.29 bits per heavy atom. The third kappa shape index (κ3) is 3.50. The van der Waals surface area contributed by atoms with Crippen LogP contribution < -0.4 is 5.32 Å². The second-order valence-corrected chi connectivity index (χ2v) is 7.12. The number of aryl methyl sites for hydroxylation is 1. The maximum absolute atomic E-state index is 10.6. The molecule has 0 radical (unpaired) electrons. The largest absolute Gasteiger partial charge is 0.387 e. The lowest BCUT2D eigenvalue weighted by molar-refractivity contribution is 0.0493. The normalized spacial score (nSPS) is 22.9. The average molecular weight is 329 g/mol. The van der Waals surface area contributed by atoms with E-state index in [0.29, 0.717) is 13.1 Å². The number of nitrogens with one attached hydrogen (secondary N) is 1. The number of rotatable bonds is 5. The van der Waals surface area contributed by atoms with Crippen LogP contribution in [-0.2, 0) is 0 Å². The van der Waals surface area contributed by atoms with Crippen molar-refractivity contribution in [3.05, 3.63) is 41.2 Å². The van der Waals surface area contributed by atoms with Crippen LogP contribution in [0.2, 0.25) is 0 Å². The summed E-state index contributed by atoms with van der Waals surface area (Å²) in [4.78, 5) is 2.16. The SMILES string of the molecule is Cc1ccc(-n2nnc(C(C)NCC3(O)CCN(C)C3)c2C)cc1. The zero-order valence-electron chi connectivity index (χ0n) is 15.0. The van der Waals surface area contributed by atoms with E-state index >= 15 is 0 Å². The highest BCUT2D eigenvalue weighted by Gasteiger charge is 2.34. The van der Waals surface area contributed by atoms with Gasteiger partial charge in [-0.25, -0.2) is 4.68 Å². The fourth-order valence-corrected chi connectivity index (χ4v) is 3.32. The highest BCUT2D eigenvalue weighted by molar-refractivity contribution is 5.35. The Morgan fingerprint density at radius 3 is 2.62 bits per heavy atom. The molecule has 24 heavy (non-hydrogen) atoms. The van der Waals surface area contributed by atoms with E-state index in [-0.39, 0.29) is 6.04 Å². The van der Waals surface area contributed by atoms with Crippen LogP contribution >= 0.6 is 0 Å². The molecule has 0 aliphatic carbocycles. The van der Waals surface area contributed by atoms with Crippen molar-refractivity contribution in [1.29, 1.82) is 0 Å². The van der Waals surface area contributed by atoms with Crippen LogP contribution in [0.1, 0.15) is 36.3 Å². The van der Waals surface area contributed by atoms with Gasteiger partial charge in [0.25, 0.3) is 0 Å². The topological polar surface area (TPSA) is 66.2 Å². The minimum absolute atomic E-state index is 0.0409. The number of β-amino-alcohol motifs (C(OH)–C–C–N with tert-alkyl or cyclic N) is 1. The van der Waals surface area contributed by atoms with Crippen molar-refractivity contribution in [3.8, 4) is 5.69 Å². The molecular weight excluding hydrogens is 302 g/mol. The van der Waals surface area contributed by atoms with E-state index in [1.54, 1.807) is 0 Å². The third-order valence-corrected chi connectivity index (χ3v) is 4.88. The molecule has 0 spiro atoms. The Balaban J connectivity index is 1.70. The van der Waals surface area contributed by atoms with Crippen LogP contribution in [0, 0.1) is 13.8 Å². The van der Waals surface area contributed by atoms with E-state index in [0.717, 1.165) is 30.0 Å². The molecule has 0 saturated carbocycles. The Kier molecular flexibility index (Phi) is 4.71. The summed E-state index contributed by atoms with van der Waals surface area (Å²) >= 11 is 0. The predicted octanol–water partition coefficient (Wildman–Crippen LogP) is 1.60. The molecule has 2 aromatic rings. The van der Waals surface area contributed by atoms with Crippen molar-refractivity contribution < 1.29 is 5.11 Å². The fraction of sp³-hybridized carbons (Fsp3) is 0.556. The van der Waals surface area contributed by atoms with E-state index in [2.05, 4.69) is 58.6 Å². The predicted molar refractivity (Wildman–Crippen MR) is 94.3 cm³/mol. The smallest absolute Gasteiger partial charge is 0.103 e. The van der Waals surface area contributed by atoms with Crippen LogP contribution in [0.15, 0.2) is 24.3 Å². The first-order valence-corrected chi connectivity index (χ1v) is 8.51. The van der Waals surface area contributed by atoms with E-state index in [4.69, 9.17) is 0 Å². The van der Waals surface area contributed by atoms with Gasteiger partial charge in [-0.15, -0.1) is 5.10 Å². The third-order valence-electron chi connectivity index (χ3n) is 4.88. The molecule has 0 bridgehead atoms. The first-order valence-electron chi connectivity index (χ1n) is 8.51. The van der Waals surface area contributed by atoms with Crippen LogP contribution in [-0.4, -0.2) is 57.3 Å². The molecule has 6 heteroatoms. The zero-order chi connectivity index (χ0) is 17.3. The van der Waals surface area contributed by atoms with Crippen molar-refractivity contribution in [2.45, 2.75) is 38.8 Å². The van der Waals surface area contributed by atoms with E-state index in [1.165, 1.54) is 5.56 Å². The molecule has 1 aliphatic rings. The molecule has 2 unspecified atom stereocenters. The van der Waals surface area contributed by atoms with Gasteiger partial charge in [-0.1, -0.05) is 22.9 Å². The number of nitrogens with zero attached hydrogens (tertiary/aromatic N) is 4. The summed E-state index contributed by atoms with van der Waals surface area (Å²) in [6, 6.07) is 8.29. The fourth-order valence-electron chi connectivity index (χ4n) is 3.32. The molecule has 2 atom stereocenters. The number of benzene rings is 1. The lowest BCUT2D eigenvalue weighted by atomic mass is 10.0. The summed E-state index contributed by atoms with van der Waals surface area (Å²) in [5.41, 5.74) is 3.53. The summed E-state index contributed by atoms with van der Waals surface area (Å²) in [5, 5.41) is 22.7. The second-order valence-electron chi connectivity index (χ2n) is 7.12. The van der Waals surface area contributed by atoms with Gasteiger partial charge in [-0.2, -0.15) is 0 Å². The van der Waals surface area contributed by atoms with Crippen molar-refractivity contribution in [3.63, 3.8) is 0 Å². The average Bonchev–Trinajstić information content (AvgIpc) is 3.09. The van der Waals surface area contributed by atoms with Crippen LogP contribution in [0.3, 0.4) is 0 Å². The number of hydrogen-bond acceptors (Lipinski definition) is 5. The van der Waals surface area contributed by atoms with Gasteiger partial charge in [0.15, 0.2) is 0 Å². The molecule has 1 saturated heterocycles. The highest BCUT2D eigenvalue weighted by atomic mass is 16.3. The van der Waals surface area contributed by atoms with Gasteiger partial charge in [0, 0.05) is 19.6 Å². The second kappa shape index (κ2) is 6.63. The summed E-state index contributed by atoms with van der Waals surface area (Å²) in [6.07, 6.45) is 0.804. The number of aromatic nitrogens is 3. The maximum atomic E-state index is 10.6. The molecular formula is C18H27N5O. The first kappa shape index (κ1) is 17.1. The van der Waals surface area contributed by atoms with Crippen LogP contribution in [0.25, 0.3) is 5.69 Å². The van der Waals surface area contributed by atoms with Crippen LogP contribution in [0.5, 0.6) is 0 Å². The lowest BCUT2D eigenvalue weighted by Gasteiger charge is -2.25. The minimum atomic E-state index is -0.649. The molecule has 2 heterocycles.